The largest absolute Gasteiger partial charge is 0.497 e. The number of anilines is 1. The lowest BCUT2D eigenvalue weighted by molar-refractivity contribution is -0.113. The minimum atomic E-state index is 0.0177. The lowest BCUT2D eigenvalue weighted by Gasteiger charge is -2.17. The molecule has 1 amide bonds. The first-order valence-corrected chi connectivity index (χ1v) is 12.6. The molecule has 0 aliphatic carbocycles. The Labute approximate surface area is 205 Å². The summed E-state index contributed by atoms with van der Waals surface area (Å²) in [7, 11) is 1.68. The van der Waals surface area contributed by atoms with Crippen molar-refractivity contribution in [1.29, 1.82) is 0 Å². The quantitative estimate of drug-likeness (QED) is 0.403. The maximum absolute atomic E-state index is 11.6. The number of pyridine rings is 1. The molecule has 1 unspecified atom stereocenters. The second-order valence-electron chi connectivity index (χ2n) is 8.60. The number of hydrogen-bond acceptors (Lipinski definition) is 7. The Balaban J connectivity index is 1.19. The lowest BCUT2D eigenvalue weighted by Crippen LogP contribution is -2.27. The fraction of sp³-hybridized carbons (Fsp3) is 0.423. The van der Waals surface area contributed by atoms with Crippen molar-refractivity contribution < 1.29 is 9.53 Å². The van der Waals surface area contributed by atoms with Gasteiger partial charge in [0.15, 0.2) is 0 Å². The zero-order valence-corrected chi connectivity index (χ0v) is 20.4. The summed E-state index contributed by atoms with van der Waals surface area (Å²) in [6.07, 6.45) is 10.0. The molecular formula is C26H31N5O2S. The number of aryl methyl sites for hydroxylation is 1. The second kappa shape index (κ2) is 12.0. The van der Waals surface area contributed by atoms with Crippen molar-refractivity contribution in [1.82, 2.24) is 15.2 Å². The van der Waals surface area contributed by atoms with Gasteiger partial charge in [0.1, 0.15) is 11.6 Å². The van der Waals surface area contributed by atoms with Crippen LogP contribution >= 0.6 is 11.8 Å². The van der Waals surface area contributed by atoms with Gasteiger partial charge in [-0.2, -0.15) is 0 Å². The SMILES string of the molecule is C#CC=Nc1ccc(OC)cc1CCCN1CCC(CNCc2ccc3c(n2)NC(=O)CS3)C1. The molecule has 0 saturated carbocycles. The molecule has 0 bridgehead atoms. The highest BCUT2D eigenvalue weighted by atomic mass is 32.2. The average Bonchev–Trinajstić information content (AvgIpc) is 3.30. The molecule has 1 fully saturated rings. The standard InChI is InChI=1S/C26H31N5O2S/c1-3-11-28-23-8-7-22(33-2)14-20(23)5-4-12-31-13-10-19(17-31)15-27-16-21-6-9-24-26(29-21)30-25(32)18-34-24/h1,6-9,11,14,19,27H,4-5,10,12-13,15-18H2,2H3,(H,29,30,32). The molecule has 0 radical (unpaired) electrons. The van der Waals surface area contributed by atoms with Gasteiger partial charge in [-0.15, -0.1) is 18.2 Å². The van der Waals surface area contributed by atoms with Crippen LogP contribution in [0.5, 0.6) is 5.75 Å². The van der Waals surface area contributed by atoms with E-state index in [1.54, 1.807) is 7.11 Å². The number of terminal acetylenes is 1. The van der Waals surface area contributed by atoms with E-state index in [0.29, 0.717) is 24.0 Å². The summed E-state index contributed by atoms with van der Waals surface area (Å²) in [5, 5.41) is 6.41. The lowest BCUT2D eigenvalue weighted by atomic mass is 10.1. The highest BCUT2D eigenvalue weighted by molar-refractivity contribution is 8.00. The summed E-state index contributed by atoms with van der Waals surface area (Å²) >= 11 is 1.54. The summed E-state index contributed by atoms with van der Waals surface area (Å²) in [5.41, 5.74) is 3.03. The molecule has 1 aromatic heterocycles. The maximum atomic E-state index is 11.6. The van der Waals surface area contributed by atoms with Crippen molar-refractivity contribution in [3.8, 4) is 18.1 Å². The number of hydrogen-bond donors (Lipinski definition) is 2. The molecule has 3 heterocycles. The van der Waals surface area contributed by atoms with E-state index < -0.39 is 0 Å². The molecule has 1 atom stereocenters. The Morgan fingerprint density at radius 1 is 1.41 bits per heavy atom. The average molecular weight is 478 g/mol. The molecule has 34 heavy (non-hydrogen) atoms. The third kappa shape index (κ3) is 6.60. The van der Waals surface area contributed by atoms with Crippen LogP contribution in [0.1, 0.15) is 24.1 Å². The number of aromatic nitrogens is 1. The first-order valence-electron chi connectivity index (χ1n) is 11.7. The Hall–Kier alpha value is -2.86. The van der Waals surface area contributed by atoms with Crippen molar-refractivity contribution in [2.45, 2.75) is 30.7 Å². The molecule has 2 aliphatic heterocycles. The van der Waals surface area contributed by atoms with Crippen molar-refractivity contribution in [2.24, 2.45) is 10.9 Å². The summed E-state index contributed by atoms with van der Waals surface area (Å²) in [4.78, 5) is 24.1. The second-order valence-corrected chi connectivity index (χ2v) is 9.61. The number of likely N-dealkylation sites (tertiary alicyclic amines) is 1. The number of methoxy groups -OCH3 is 1. The highest BCUT2D eigenvalue weighted by Gasteiger charge is 2.22. The molecule has 4 rings (SSSR count). The van der Waals surface area contributed by atoms with Crippen molar-refractivity contribution >= 4 is 35.4 Å². The fourth-order valence-corrected chi connectivity index (χ4v) is 5.16. The molecule has 1 aromatic carbocycles. The minimum absolute atomic E-state index is 0.0177. The molecule has 1 saturated heterocycles. The van der Waals surface area contributed by atoms with Gasteiger partial charge in [-0.05, 0) is 80.7 Å². The van der Waals surface area contributed by atoms with Crippen LogP contribution < -0.4 is 15.4 Å². The Kier molecular flexibility index (Phi) is 8.58. The normalized spacial score (nSPS) is 18.0. The molecule has 178 valence electrons. The van der Waals surface area contributed by atoms with Crippen LogP contribution in [0.25, 0.3) is 0 Å². The number of carbonyl (C=O) groups is 1. The number of thioether (sulfide) groups is 1. The first kappa shape index (κ1) is 24.3. The maximum Gasteiger partial charge on any atom is 0.235 e. The molecule has 0 spiro atoms. The molecule has 2 aliphatic rings. The number of benzene rings is 1. The van der Waals surface area contributed by atoms with Gasteiger partial charge in [0.05, 0.1) is 35.4 Å². The van der Waals surface area contributed by atoms with Gasteiger partial charge >= 0.3 is 0 Å². The number of aliphatic imine (C=N–C) groups is 1. The summed E-state index contributed by atoms with van der Waals surface area (Å²) < 4.78 is 5.38. The minimum Gasteiger partial charge on any atom is -0.497 e. The van der Waals surface area contributed by atoms with Gasteiger partial charge < -0.3 is 20.3 Å². The van der Waals surface area contributed by atoms with E-state index in [9.17, 15) is 4.79 Å². The van der Waals surface area contributed by atoms with Crippen molar-refractivity contribution in [3.05, 3.63) is 41.6 Å². The van der Waals surface area contributed by atoms with E-state index >= 15 is 0 Å². The Bertz CT molecular complexity index is 1080. The summed E-state index contributed by atoms with van der Waals surface area (Å²) in [6.45, 7) is 4.98. The zero-order valence-electron chi connectivity index (χ0n) is 19.5. The number of nitrogens with one attached hydrogen (secondary N) is 2. The van der Waals surface area contributed by atoms with E-state index in [4.69, 9.17) is 11.2 Å². The van der Waals surface area contributed by atoms with Gasteiger partial charge in [-0.1, -0.05) is 5.92 Å². The molecule has 2 aromatic rings. The van der Waals surface area contributed by atoms with E-state index in [-0.39, 0.29) is 5.91 Å². The van der Waals surface area contributed by atoms with Gasteiger partial charge in [-0.3, -0.25) is 4.79 Å². The summed E-state index contributed by atoms with van der Waals surface area (Å²) in [5.74, 6) is 5.12. The predicted octanol–water partition coefficient (Wildman–Crippen LogP) is 3.51. The number of rotatable bonds is 10. The monoisotopic (exact) mass is 477 g/mol. The van der Waals surface area contributed by atoms with Crippen molar-refractivity contribution in [2.75, 3.05) is 44.4 Å². The first-order chi connectivity index (χ1) is 16.6. The third-order valence-electron chi connectivity index (χ3n) is 6.13. The van der Waals surface area contributed by atoms with Crippen LogP contribution in [0.2, 0.25) is 0 Å². The van der Waals surface area contributed by atoms with Crippen LogP contribution in [0.3, 0.4) is 0 Å². The number of amides is 1. The Morgan fingerprint density at radius 3 is 3.18 bits per heavy atom. The highest BCUT2D eigenvalue weighted by Crippen LogP contribution is 2.30. The van der Waals surface area contributed by atoms with Crippen LogP contribution in [-0.4, -0.2) is 61.0 Å². The van der Waals surface area contributed by atoms with Crippen LogP contribution in [-0.2, 0) is 17.8 Å². The van der Waals surface area contributed by atoms with E-state index in [1.807, 2.05) is 24.3 Å². The smallest absolute Gasteiger partial charge is 0.235 e. The number of carbonyl (C=O) groups excluding carboxylic acids is 1. The van der Waals surface area contributed by atoms with Crippen LogP contribution in [0.15, 0.2) is 40.2 Å². The van der Waals surface area contributed by atoms with Crippen LogP contribution in [0.4, 0.5) is 11.5 Å². The Morgan fingerprint density at radius 2 is 2.32 bits per heavy atom. The van der Waals surface area contributed by atoms with Crippen LogP contribution in [0, 0.1) is 18.3 Å². The summed E-state index contributed by atoms with van der Waals surface area (Å²) in [6, 6.07) is 10.0. The van der Waals surface area contributed by atoms with Gasteiger partial charge in [0.25, 0.3) is 0 Å². The molecule has 8 heteroatoms. The van der Waals surface area contributed by atoms with E-state index in [2.05, 4.69) is 37.5 Å². The number of fused-ring (bicyclic) bond motifs is 1. The predicted molar refractivity (Wildman–Crippen MR) is 138 cm³/mol. The molecule has 2 N–H and O–H groups in total. The van der Waals surface area contributed by atoms with E-state index in [0.717, 1.165) is 66.6 Å². The topological polar surface area (TPSA) is 78.8 Å². The number of nitrogens with zero attached hydrogens (tertiary/aromatic N) is 3. The molecular weight excluding hydrogens is 446 g/mol. The van der Waals surface area contributed by atoms with E-state index in [1.165, 1.54) is 24.4 Å². The van der Waals surface area contributed by atoms with Gasteiger partial charge in [-0.25, -0.2) is 9.98 Å². The molecule has 7 nitrogen and oxygen atoms in total. The van der Waals surface area contributed by atoms with Gasteiger partial charge in [0, 0.05) is 13.1 Å². The third-order valence-corrected chi connectivity index (χ3v) is 7.17. The van der Waals surface area contributed by atoms with Gasteiger partial charge in [0.2, 0.25) is 5.91 Å². The van der Waals surface area contributed by atoms with Crippen molar-refractivity contribution in [3.63, 3.8) is 0 Å². The fourth-order valence-electron chi connectivity index (χ4n) is 4.40. The zero-order chi connectivity index (χ0) is 23.8. The number of ether oxygens (including phenoxy) is 1.